The van der Waals surface area contributed by atoms with E-state index in [1.807, 2.05) is 4.98 Å². The minimum atomic E-state index is -5.80. The van der Waals surface area contributed by atoms with Crippen molar-refractivity contribution in [1.29, 1.82) is 0 Å². The Morgan fingerprint density at radius 3 is 2.42 bits per heavy atom. The molecule has 1 N–H and O–H groups in total. The number of hydrogen-bond acceptors (Lipinski definition) is 5. The van der Waals surface area contributed by atoms with Gasteiger partial charge in [0.05, 0.1) is 0 Å². The molecule has 2 aromatic heterocycles. The van der Waals surface area contributed by atoms with E-state index in [1.165, 1.54) is 0 Å². The number of nitrogens with one attached hydrogen (secondary N) is 1. The van der Waals surface area contributed by atoms with Gasteiger partial charge in [0.1, 0.15) is 5.69 Å². The summed E-state index contributed by atoms with van der Waals surface area (Å²) in [7, 11) is 0. The van der Waals surface area contributed by atoms with Crippen LogP contribution in [0.5, 0.6) is 0 Å². The Kier molecular flexibility index (Phi) is 2.83. The number of alkyl halides is 5. The molecule has 0 bridgehead atoms. The Bertz CT molecular complexity index is 647. The van der Waals surface area contributed by atoms with Crippen LogP contribution in [-0.4, -0.2) is 26.3 Å². The van der Waals surface area contributed by atoms with Gasteiger partial charge in [0.25, 0.3) is 0 Å². The highest BCUT2D eigenvalue weighted by atomic mass is 19.4. The molecule has 0 saturated carbocycles. The number of H-pyrrole nitrogens is 1. The summed E-state index contributed by atoms with van der Waals surface area (Å²) < 4.78 is 66.6. The van der Waals surface area contributed by atoms with Crippen molar-refractivity contribution in [2.75, 3.05) is 0 Å². The van der Waals surface area contributed by atoms with Crippen LogP contribution in [0.3, 0.4) is 0 Å². The van der Waals surface area contributed by atoms with Gasteiger partial charge in [-0.1, -0.05) is 5.16 Å². The van der Waals surface area contributed by atoms with Crippen molar-refractivity contribution in [3.05, 3.63) is 28.5 Å². The standard InChI is InChI=1S/C8H3F5N4O2/c9-7(10,8(11,12)13)3-1-2-14-4(15-3)5-16-6(18)19-17-5/h1-2H,(H,16,17,18). The van der Waals surface area contributed by atoms with Crippen molar-refractivity contribution in [2.45, 2.75) is 12.1 Å². The molecule has 0 aliphatic rings. The zero-order chi connectivity index (χ0) is 14.3. The van der Waals surface area contributed by atoms with Gasteiger partial charge >= 0.3 is 17.9 Å². The van der Waals surface area contributed by atoms with Crippen molar-refractivity contribution in [2.24, 2.45) is 0 Å². The summed E-state index contributed by atoms with van der Waals surface area (Å²) in [5, 5.41) is 3.08. The lowest BCUT2D eigenvalue weighted by atomic mass is 10.2. The molecule has 0 unspecified atom stereocenters. The number of nitrogens with zero attached hydrogens (tertiary/aromatic N) is 3. The van der Waals surface area contributed by atoms with Crippen molar-refractivity contribution < 1.29 is 26.5 Å². The molecule has 2 rings (SSSR count). The third-order valence-electron chi connectivity index (χ3n) is 1.99. The van der Waals surface area contributed by atoms with E-state index in [-0.39, 0.29) is 0 Å². The normalized spacial score (nSPS) is 12.7. The minimum Gasteiger partial charge on any atom is -0.295 e. The molecule has 0 aromatic carbocycles. The second kappa shape index (κ2) is 4.10. The summed E-state index contributed by atoms with van der Waals surface area (Å²) in [6, 6.07) is 0.412. The minimum absolute atomic E-state index is 0.412. The molecule has 102 valence electrons. The molecule has 2 aromatic rings. The van der Waals surface area contributed by atoms with Crippen LogP contribution in [0.4, 0.5) is 22.0 Å². The van der Waals surface area contributed by atoms with E-state index in [1.54, 1.807) is 0 Å². The van der Waals surface area contributed by atoms with E-state index < -0.39 is 35.2 Å². The van der Waals surface area contributed by atoms with Crippen LogP contribution in [-0.2, 0) is 5.92 Å². The Hall–Kier alpha value is -2.33. The highest BCUT2D eigenvalue weighted by Gasteiger charge is 2.60. The van der Waals surface area contributed by atoms with Gasteiger partial charge in [0.15, 0.2) is 5.82 Å². The maximum absolute atomic E-state index is 13.0. The van der Waals surface area contributed by atoms with E-state index in [4.69, 9.17) is 0 Å². The van der Waals surface area contributed by atoms with Crippen LogP contribution in [0.1, 0.15) is 5.69 Å². The SMILES string of the molecule is O=c1[nH]c(-c2nccc(C(F)(F)C(F)(F)F)n2)no1. The van der Waals surface area contributed by atoms with Gasteiger partial charge < -0.3 is 0 Å². The average molecular weight is 282 g/mol. The zero-order valence-corrected chi connectivity index (χ0v) is 8.70. The molecular formula is C8H3F5N4O2. The maximum Gasteiger partial charge on any atom is 0.459 e. The fourth-order valence-electron chi connectivity index (χ4n) is 1.12. The molecule has 0 aliphatic carbocycles. The number of aromatic amines is 1. The largest absolute Gasteiger partial charge is 0.459 e. The first-order valence-electron chi connectivity index (χ1n) is 4.56. The molecule has 6 nitrogen and oxygen atoms in total. The Labute approximate surface area is 99.8 Å². The number of aromatic nitrogens is 4. The van der Waals surface area contributed by atoms with E-state index >= 15 is 0 Å². The lowest BCUT2D eigenvalue weighted by Crippen LogP contribution is -2.34. The molecule has 2 heterocycles. The van der Waals surface area contributed by atoms with Gasteiger partial charge in [-0.3, -0.25) is 9.51 Å². The first kappa shape index (κ1) is 13.1. The van der Waals surface area contributed by atoms with Gasteiger partial charge in [-0.25, -0.2) is 14.8 Å². The van der Waals surface area contributed by atoms with Crippen LogP contribution < -0.4 is 5.76 Å². The lowest BCUT2D eigenvalue weighted by molar-refractivity contribution is -0.290. The van der Waals surface area contributed by atoms with Crippen molar-refractivity contribution >= 4 is 0 Å². The molecule has 0 atom stereocenters. The second-order valence-corrected chi connectivity index (χ2v) is 3.28. The van der Waals surface area contributed by atoms with Gasteiger partial charge in [-0.05, 0) is 6.07 Å². The first-order chi connectivity index (χ1) is 8.72. The molecular weight excluding hydrogens is 279 g/mol. The summed E-state index contributed by atoms with van der Waals surface area (Å²) in [6.07, 6.45) is -5.11. The van der Waals surface area contributed by atoms with Crippen molar-refractivity contribution in [3.8, 4) is 11.6 Å². The van der Waals surface area contributed by atoms with Crippen LogP contribution in [0, 0.1) is 0 Å². The summed E-state index contributed by atoms with van der Waals surface area (Å²) in [6.45, 7) is 0. The van der Waals surface area contributed by atoms with E-state index in [2.05, 4.69) is 19.6 Å². The summed E-state index contributed by atoms with van der Waals surface area (Å²) in [4.78, 5) is 19.0. The molecule has 0 amide bonds. The molecule has 0 fully saturated rings. The Balaban J connectivity index is 2.49. The zero-order valence-electron chi connectivity index (χ0n) is 8.70. The Morgan fingerprint density at radius 1 is 1.21 bits per heavy atom. The molecule has 0 saturated heterocycles. The molecule has 0 spiro atoms. The third-order valence-corrected chi connectivity index (χ3v) is 1.99. The number of hydrogen-bond donors (Lipinski definition) is 1. The van der Waals surface area contributed by atoms with Gasteiger partial charge in [0, 0.05) is 6.20 Å². The smallest absolute Gasteiger partial charge is 0.295 e. The summed E-state index contributed by atoms with van der Waals surface area (Å²) in [5.74, 6) is -7.24. The van der Waals surface area contributed by atoms with Gasteiger partial charge in [0.2, 0.25) is 5.82 Å². The number of halogens is 5. The first-order valence-corrected chi connectivity index (χ1v) is 4.56. The van der Waals surface area contributed by atoms with Gasteiger partial charge in [-0.15, -0.1) is 0 Å². The predicted octanol–water partition coefficient (Wildman–Crippen LogP) is 1.47. The van der Waals surface area contributed by atoms with Gasteiger partial charge in [-0.2, -0.15) is 22.0 Å². The lowest BCUT2D eigenvalue weighted by Gasteiger charge is -2.18. The van der Waals surface area contributed by atoms with Crippen LogP contribution in [0.25, 0.3) is 11.6 Å². The second-order valence-electron chi connectivity index (χ2n) is 3.28. The van der Waals surface area contributed by atoms with Crippen LogP contribution in [0.2, 0.25) is 0 Å². The topological polar surface area (TPSA) is 84.7 Å². The average Bonchev–Trinajstić information content (AvgIpc) is 2.75. The van der Waals surface area contributed by atoms with Crippen molar-refractivity contribution in [1.82, 2.24) is 20.1 Å². The molecule has 11 heteroatoms. The summed E-state index contributed by atoms with van der Waals surface area (Å²) >= 11 is 0. The van der Waals surface area contributed by atoms with E-state index in [0.717, 1.165) is 0 Å². The third kappa shape index (κ3) is 2.30. The molecule has 19 heavy (non-hydrogen) atoms. The van der Waals surface area contributed by atoms with Crippen LogP contribution >= 0.6 is 0 Å². The highest BCUT2D eigenvalue weighted by Crippen LogP contribution is 2.42. The fourth-order valence-corrected chi connectivity index (χ4v) is 1.12. The fraction of sp³-hybridized carbons (Fsp3) is 0.250. The molecule has 0 aliphatic heterocycles. The van der Waals surface area contributed by atoms with Crippen molar-refractivity contribution in [3.63, 3.8) is 0 Å². The maximum atomic E-state index is 13.0. The van der Waals surface area contributed by atoms with E-state index in [9.17, 15) is 26.7 Å². The Morgan fingerprint density at radius 2 is 1.89 bits per heavy atom. The molecule has 0 radical (unpaired) electrons. The quantitative estimate of drug-likeness (QED) is 0.843. The van der Waals surface area contributed by atoms with E-state index in [0.29, 0.717) is 12.3 Å². The number of rotatable bonds is 2. The van der Waals surface area contributed by atoms with Crippen LogP contribution in [0.15, 0.2) is 21.6 Å². The summed E-state index contributed by atoms with van der Waals surface area (Å²) in [5.41, 5.74) is -1.56. The predicted molar refractivity (Wildman–Crippen MR) is 48.1 cm³/mol. The highest BCUT2D eigenvalue weighted by molar-refractivity contribution is 5.41. The monoisotopic (exact) mass is 282 g/mol.